The number of urea groups is 1. The van der Waals surface area contributed by atoms with E-state index in [-0.39, 0.29) is 18.9 Å². The van der Waals surface area contributed by atoms with Crippen LogP contribution in [0.4, 0.5) is 4.79 Å². The molecule has 1 heterocycles. The van der Waals surface area contributed by atoms with Gasteiger partial charge in [-0.3, -0.25) is 4.79 Å². The molecule has 0 aliphatic carbocycles. The Hall–Kier alpha value is -2.67. The van der Waals surface area contributed by atoms with Crippen LogP contribution in [-0.4, -0.2) is 38.9 Å². The number of rotatable bonds is 7. The lowest BCUT2D eigenvalue weighted by molar-refractivity contribution is -0.148. The number of benzene rings is 2. The van der Waals surface area contributed by atoms with Crippen LogP contribution < -0.4 is 0 Å². The van der Waals surface area contributed by atoms with Crippen molar-refractivity contribution in [3.8, 4) is 0 Å². The molecule has 1 aliphatic heterocycles. The zero-order chi connectivity index (χ0) is 22.1. The van der Waals surface area contributed by atoms with Crippen LogP contribution >= 0.6 is 15.9 Å². The van der Waals surface area contributed by atoms with Gasteiger partial charge in [-0.2, -0.15) is 0 Å². The minimum Gasteiger partial charge on any atom is -0.480 e. The van der Waals surface area contributed by atoms with Crippen LogP contribution in [0.25, 0.3) is 0 Å². The van der Waals surface area contributed by atoms with Gasteiger partial charge in [-0.15, -0.1) is 0 Å². The van der Waals surface area contributed by atoms with E-state index in [0.29, 0.717) is 5.56 Å². The van der Waals surface area contributed by atoms with E-state index in [9.17, 15) is 19.5 Å². The fraction of sp³-hybridized carbons (Fsp3) is 0.348. The van der Waals surface area contributed by atoms with Crippen molar-refractivity contribution < 1.29 is 19.5 Å². The number of aliphatic carboxylic acids is 1. The van der Waals surface area contributed by atoms with E-state index in [2.05, 4.69) is 15.9 Å². The third-order valence-corrected chi connectivity index (χ3v) is 6.02. The van der Waals surface area contributed by atoms with Crippen molar-refractivity contribution in [2.75, 3.05) is 0 Å². The molecule has 1 aliphatic rings. The molecule has 3 amide bonds. The fourth-order valence-corrected chi connectivity index (χ4v) is 4.11. The molecule has 158 valence electrons. The van der Waals surface area contributed by atoms with Gasteiger partial charge in [0.25, 0.3) is 5.91 Å². The molecule has 2 aromatic rings. The van der Waals surface area contributed by atoms with Gasteiger partial charge in [0.15, 0.2) is 0 Å². The van der Waals surface area contributed by atoms with Gasteiger partial charge in [0.1, 0.15) is 11.6 Å². The first-order valence-electron chi connectivity index (χ1n) is 9.84. The van der Waals surface area contributed by atoms with Crippen molar-refractivity contribution in [3.63, 3.8) is 0 Å². The fourth-order valence-electron chi connectivity index (χ4n) is 3.84. The van der Waals surface area contributed by atoms with E-state index in [1.165, 1.54) is 4.90 Å². The van der Waals surface area contributed by atoms with Gasteiger partial charge < -0.3 is 10.0 Å². The SMILES string of the molecule is CC(C)C[C@H](C(=O)O)N1C(=O)N(Cc2ccccc2)[C@@](C)(c2ccc(Br)cc2)C1=O. The molecular weight excluding hydrogens is 448 g/mol. The standard InChI is InChI=1S/C23H25BrN2O4/c1-15(2)13-19(20(27)28)26-21(29)23(3,17-9-11-18(24)12-10-17)25(22(26)30)14-16-7-5-4-6-8-16/h4-12,15,19H,13-14H2,1-3H3,(H,27,28)/t19-,23+/m1/s1. The lowest BCUT2D eigenvalue weighted by atomic mass is 9.89. The lowest BCUT2D eigenvalue weighted by Crippen LogP contribution is -2.47. The molecule has 0 unspecified atom stereocenters. The summed E-state index contributed by atoms with van der Waals surface area (Å²) < 4.78 is 0.848. The molecule has 0 saturated carbocycles. The van der Waals surface area contributed by atoms with Crippen LogP contribution in [0, 0.1) is 5.92 Å². The number of carboxylic acid groups (broad SMARTS) is 1. The van der Waals surface area contributed by atoms with Gasteiger partial charge >= 0.3 is 12.0 Å². The second kappa shape index (κ2) is 8.60. The largest absolute Gasteiger partial charge is 0.480 e. The highest BCUT2D eigenvalue weighted by molar-refractivity contribution is 9.10. The van der Waals surface area contributed by atoms with Crippen LogP contribution in [0.3, 0.4) is 0 Å². The van der Waals surface area contributed by atoms with Crippen molar-refractivity contribution in [2.45, 2.75) is 45.3 Å². The van der Waals surface area contributed by atoms with E-state index in [4.69, 9.17) is 0 Å². The summed E-state index contributed by atoms with van der Waals surface area (Å²) in [5.41, 5.74) is 0.189. The number of carboxylic acids is 1. The number of halogens is 1. The molecule has 1 N–H and O–H groups in total. The second-order valence-corrected chi connectivity index (χ2v) is 9.01. The molecule has 0 radical (unpaired) electrons. The number of hydrogen-bond donors (Lipinski definition) is 1. The van der Waals surface area contributed by atoms with E-state index in [0.717, 1.165) is 14.9 Å². The monoisotopic (exact) mass is 472 g/mol. The maximum Gasteiger partial charge on any atom is 0.329 e. The lowest BCUT2D eigenvalue weighted by Gasteiger charge is -2.32. The molecule has 0 bridgehead atoms. The van der Waals surface area contributed by atoms with Gasteiger partial charge in [0.05, 0.1) is 0 Å². The molecule has 1 saturated heterocycles. The average Bonchev–Trinajstić information content (AvgIpc) is 2.88. The number of imide groups is 1. The summed E-state index contributed by atoms with van der Waals surface area (Å²) in [6, 6.07) is 14.8. The summed E-state index contributed by atoms with van der Waals surface area (Å²) in [5, 5.41) is 9.80. The molecule has 7 heteroatoms. The van der Waals surface area contributed by atoms with Crippen LogP contribution in [0.1, 0.15) is 38.3 Å². The van der Waals surface area contributed by atoms with Crippen LogP contribution in [-0.2, 0) is 21.7 Å². The summed E-state index contributed by atoms with van der Waals surface area (Å²) in [6.07, 6.45) is 0.197. The van der Waals surface area contributed by atoms with Gasteiger partial charge in [0, 0.05) is 11.0 Å². The second-order valence-electron chi connectivity index (χ2n) is 8.09. The molecule has 0 aromatic heterocycles. The maximum absolute atomic E-state index is 13.6. The summed E-state index contributed by atoms with van der Waals surface area (Å²) in [7, 11) is 0. The first-order valence-corrected chi connectivity index (χ1v) is 10.6. The van der Waals surface area contributed by atoms with Gasteiger partial charge in [0.2, 0.25) is 0 Å². The Labute approximate surface area is 184 Å². The normalized spacial score (nSPS) is 20.2. The molecule has 3 rings (SSSR count). The number of carbonyl (C=O) groups is 3. The van der Waals surface area contributed by atoms with Crippen LogP contribution in [0.5, 0.6) is 0 Å². The topological polar surface area (TPSA) is 77.9 Å². The first-order chi connectivity index (χ1) is 14.2. The maximum atomic E-state index is 13.6. The van der Waals surface area contributed by atoms with E-state index >= 15 is 0 Å². The molecule has 30 heavy (non-hydrogen) atoms. The molecule has 0 spiro atoms. The molecule has 1 fully saturated rings. The van der Waals surface area contributed by atoms with Crippen LogP contribution in [0.2, 0.25) is 0 Å². The Morgan fingerprint density at radius 1 is 1.07 bits per heavy atom. The Balaban J connectivity index is 2.11. The predicted octanol–water partition coefficient (Wildman–Crippen LogP) is 4.63. The van der Waals surface area contributed by atoms with E-state index in [1.54, 1.807) is 19.1 Å². The van der Waals surface area contributed by atoms with E-state index < -0.39 is 29.5 Å². The predicted molar refractivity (Wildman–Crippen MR) is 117 cm³/mol. The number of carbonyl (C=O) groups excluding carboxylic acids is 2. The van der Waals surface area contributed by atoms with Gasteiger partial charge in [-0.1, -0.05) is 72.2 Å². The van der Waals surface area contributed by atoms with Crippen molar-refractivity contribution in [2.24, 2.45) is 5.92 Å². The quantitative estimate of drug-likeness (QED) is 0.595. The summed E-state index contributed by atoms with van der Waals surface area (Å²) in [6.45, 7) is 5.63. The highest BCUT2D eigenvalue weighted by Gasteiger charge is 2.58. The van der Waals surface area contributed by atoms with E-state index in [1.807, 2.05) is 56.3 Å². The third kappa shape index (κ3) is 3.99. The highest BCUT2D eigenvalue weighted by atomic mass is 79.9. The average molecular weight is 473 g/mol. The molecule has 2 atom stereocenters. The Morgan fingerprint density at radius 3 is 2.20 bits per heavy atom. The first kappa shape index (κ1) is 22.0. The van der Waals surface area contributed by atoms with Crippen molar-refractivity contribution in [1.29, 1.82) is 0 Å². The third-order valence-electron chi connectivity index (χ3n) is 5.49. The molecule has 2 aromatic carbocycles. The van der Waals surface area contributed by atoms with Gasteiger partial charge in [-0.25, -0.2) is 14.5 Å². The number of amides is 3. The summed E-state index contributed by atoms with van der Waals surface area (Å²) in [5.74, 6) is -1.68. The van der Waals surface area contributed by atoms with Gasteiger partial charge in [-0.05, 0) is 42.5 Å². The van der Waals surface area contributed by atoms with Crippen molar-refractivity contribution in [1.82, 2.24) is 9.80 Å². The van der Waals surface area contributed by atoms with Crippen LogP contribution in [0.15, 0.2) is 59.1 Å². The highest BCUT2D eigenvalue weighted by Crippen LogP contribution is 2.40. The Bertz CT molecular complexity index is 945. The molecular formula is C23H25BrN2O4. The zero-order valence-electron chi connectivity index (χ0n) is 17.2. The zero-order valence-corrected chi connectivity index (χ0v) is 18.8. The minimum atomic E-state index is -1.31. The summed E-state index contributed by atoms with van der Waals surface area (Å²) >= 11 is 3.40. The smallest absolute Gasteiger partial charge is 0.329 e. The number of hydrogen-bond acceptors (Lipinski definition) is 3. The number of nitrogens with zero attached hydrogens (tertiary/aromatic N) is 2. The minimum absolute atomic E-state index is 0.00816. The Morgan fingerprint density at radius 2 is 1.67 bits per heavy atom. The van der Waals surface area contributed by atoms with Crippen molar-refractivity contribution >= 4 is 33.8 Å². The molecule has 6 nitrogen and oxygen atoms in total. The summed E-state index contributed by atoms with van der Waals surface area (Å²) in [4.78, 5) is 41.5. The van der Waals surface area contributed by atoms with Crippen molar-refractivity contribution in [3.05, 3.63) is 70.2 Å². The Kier molecular flexibility index (Phi) is 6.31.